The van der Waals surface area contributed by atoms with Crippen molar-refractivity contribution in [3.8, 4) is 16.8 Å². The second-order valence-electron chi connectivity index (χ2n) is 9.79. The van der Waals surface area contributed by atoms with E-state index >= 15 is 0 Å². The first-order valence-corrected chi connectivity index (χ1v) is 13.4. The standard InChI is InChI=1S/C38H30N2/c1-5-13-30(25-39-4)28-20-21-34-36(23-28)40(31-16-9-8-10-17-31)37-24-35(32(6-2)33(7-3)38(34)37)29-19-18-26-14-11-12-15-27(26)22-29/h5-25H,2-4H2,1H3/b13-5-,30-25+. The van der Waals surface area contributed by atoms with E-state index in [-0.39, 0.29) is 0 Å². The van der Waals surface area contributed by atoms with Gasteiger partial charge in [-0.3, -0.25) is 4.99 Å². The van der Waals surface area contributed by atoms with Gasteiger partial charge in [-0.25, -0.2) is 0 Å². The van der Waals surface area contributed by atoms with E-state index < -0.39 is 0 Å². The largest absolute Gasteiger partial charge is 0.309 e. The minimum Gasteiger partial charge on any atom is -0.309 e. The average molecular weight is 515 g/mol. The summed E-state index contributed by atoms with van der Waals surface area (Å²) in [5.41, 5.74) is 9.89. The van der Waals surface area contributed by atoms with Crippen LogP contribution in [0, 0.1) is 0 Å². The van der Waals surface area contributed by atoms with Crippen LogP contribution in [0.25, 0.3) is 67.1 Å². The van der Waals surface area contributed by atoms with Gasteiger partial charge in [0.05, 0.1) is 11.0 Å². The quantitative estimate of drug-likeness (QED) is 0.149. The van der Waals surface area contributed by atoms with Gasteiger partial charge in [0.25, 0.3) is 0 Å². The Morgan fingerprint density at radius 1 is 0.750 bits per heavy atom. The number of benzene rings is 5. The molecule has 0 unspecified atom stereocenters. The Morgan fingerprint density at radius 2 is 1.50 bits per heavy atom. The number of para-hydroxylation sites is 1. The topological polar surface area (TPSA) is 17.3 Å². The second-order valence-corrected chi connectivity index (χ2v) is 9.79. The minimum atomic E-state index is 1.01. The van der Waals surface area contributed by atoms with Crippen LogP contribution in [-0.4, -0.2) is 11.3 Å². The third kappa shape index (κ3) is 4.11. The van der Waals surface area contributed by atoms with Gasteiger partial charge in [-0.2, -0.15) is 0 Å². The van der Waals surface area contributed by atoms with E-state index in [0.717, 1.165) is 55.5 Å². The van der Waals surface area contributed by atoms with Crippen molar-refractivity contribution in [3.63, 3.8) is 0 Å². The molecule has 0 amide bonds. The van der Waals surface area contributed by atoms with Gasteiger partial charge in [0, 0.05) is 22.7 Å². The first-order chi connectivity index (χ1) is 19.7. The Hall–Kier alpha value is -5.21. The smallest absolute Gasteiger partial charge is 0.0553 e. The van der Waals surface area contributed by atoms with Crippen LogP contribution in [0.1, 0.15) is 23.6 Å². The maximum Gasteiger partial charge on any atom is 0.0553 e. The maximum absolute atomic E-state index is 4.26. The average Bonchev–Trinajstić information content (AvgIpc) is 3.33. The summed E-state index contributed by atoms with van der Waals surface area (Å²) in [7, 11) is 0. The highest BCUT2D eigenvalue weighted by atomic mass is 15.0. The van der Waals surface area contributed by atoms with E-state index in [2.05, 4.69) is 133 Å². The van der Waals surface area contributed by atoms with Crippen molar-refractivity contribution in [2.24, 2.45) is 4.99 Å². The van der Waals surface area contributed by atoms with Gasteiger partial charge in [-0.05, 0) is 88.1 Å². The Bertz CT molecular complexity index is 2000. The molecule has 5 aromatic carbocycles. The molecular weight excluding hydrogens is 484 g/mol. The Kier molecular flexibility index (Phi) is 6.59. The molecule has 0 N–H and O–H groups in total. The molecule has 0 saturated carbocycles. The molecule has 0 fully saturated rings. The fourth-order valence-electron chi connectivity index (χ4n) is 5.78. The van der Waals surface area contributed by atoms with Gasteiger partial charge in [0.15, 0.2) is 0 Å². The first kappa shape index (κ1) is 25.1. The van der Waals surface area contributed by atoms with Crippen molar-refractivity contribution >= 4 is 57.0 Å². The van der Waals surface area contributed by atoms with Crippen LogP contribution in [-0.2, 0) is 0 Å². The second kappa shape index (κ2) is 10.5. The summed E-state index contributed by atoms with van der Waals surface area (Å²) in [5, 5.41) is 4.76. The number of aromatic nitrogens is 1. The van der Waals surface area contributed by atoms with Gasteiger partial charge in [0.2, 0.25) is 0 Å². The molecule has 0 radical (unpaired) electrons. The minimum absolute atomic E-state index is 1.01. The summed E-state index contributed by atoms with van der Waals surface area (Å²) in [6.07, 6.45) is 9.83. The number of hydrogen-bond acceptors (Lipinski definition) is 1. The molecule has 2 heteroatoms. The van der Waals surface area contributed by atoms with Crippen LogP contribution >= 0.6 is 0 Å². The number of hydrogen-bond donors (Lipinski definition) is 0. The molecule has 0 atom stereocenters. The Labute approximate surface area is 235 Å². The van der Waals surface area contributed by atoms with Crippen LogP contribution in [0.2, 0.25) is 0 Å². The van der Waals surface area contributed by atoms with Crippen LogP contribution in [0.5, 0.6) is 0 Å². The lowest BCUT2D eigenvalue weighted by Crippen LogP contribution is -1.96. The van der Waals surface area contributed by atoms with E-state index in [1.807, 2.05) is 25.2 Å². The summed E-state index contributed by atoms with van der Waals surface area (Å²) in [6, 6.07) is 34.6. The van der Waals surface area contributed by atoms with Gasteiger partial charge in [0.1, 0.15) is 0 Å². The zero-order valence-corrected chi connectivity index (χ0v) is 22.6. The zero-order valence-electron chi connectivity index (χ0n) is 22.6. The number of nitrogens with zero attached hydrogens (tertiary/aromatic N) is 2. The molecule has 0 spiro atoms. The van der Waals surface area contributed by atoms with Crippen LogP contribution in [0.15, 0.2) is 134 Å². The molecule has 0 aliphatic carbocycles. The summed E-state index contributed by atoms with van der Waals surface area (Å²) >= 11 is 0. The number of aliphatic imine (C=N–C) groups is 1. The van der Waals surface area contributed by atoms with Crippen molar-refractivity contribution in [1.82, 2.24) is 4.57 Å². The summed E-state index contributed by atoms with van der Waals surface area (Å²) in [4.78, 5) is 4.06. The highest BCUT2D eigenvalue weighted by molar-refractivity contribution is 6.16. The number of rotatable bonds is 7. The van der Waals surface area contributed by atoms with Gasteiger partial charge in [-0.15, -0.1) is 0 Å². The lowest BCUT2D eigenvalue weighted by molar-refractivity contribution is 1.18. The van der Waals surface area contributed by atoms with Crippen LogP contribution < -0.4 is 0 Å². The van der Waals surface area contributed by atoms with Crippen LogP contribution in [0.4, 0.5) is 0 Å². The lowest BCUT2D eigenvalue weighted by atomic mass is 9.90. The molecular formula is C38H30N2. The van der Waals surface area contributed by atoms with E-state index in [9.17, 15) is 0 Å². The lowest BCUT2D eigenvalue weighted by Gasteiger charge is -2.15. The summed E-state index contributed by atoms with van der Waals surface area (Å²) in [6.45, 7) is 14.2. The number of fused-ring (bicyclic) bond motifs is 4. The summed E-state index contributed by atoms with van der Waals surface area (Å²) < 4.78 is 2.35. The zero-order chi connectivity index (χ0) is 27.6. The molecule has 2 nitrogen and oxygen atoms in total. The third-order valence-electron chi connectivity index (χ3n) is 7.53. The van der Waals surface area contributed by atoms with Gasteiger partial charge >= 0.3 is 0 Å². The highest BCUT2D eigenvalue weighted by Gasteiger charge is 2.20. The highest BCUT2D eigenvalue weighted by Crippen LogP contribution is 2.42. The van der Waals surface area contributed by atoms with Gasteiger partial charge in [-0.1, -0.05) is 104 Å². The van der Waals surface area contributed by atoms with Crippen molar-refractivity contribution in [3.05, 3.63) is 145 Å². The van der Waals surface area contributed by atoms with Crippen LogP contribution in [0.3, 0.4) is 0 Å². The molecule has 0 aliphatic rings. The van der Waals surface area contributed by atoms with E-state index in [0.29, 0.717) is 0 Å². The maximum atomic E-state index is 4.26. The molecule has 40 heavy (non-hydrogen) atoms. The molecule has 1 aromatic heterocycles. The molecule has 192 valence electrons. The van der Waals surface area contributed by atoms with E-state index in [1.54, 1.807) is 6.20 Å². The first-order valence-electron chi connectivity index (χ1n) is 13.4. The predicted molar refractivity (Wildman–Crippen MR) is 176 cm³/mol. The third-order valence-corrected chi connectivity index (χ3v) is 7.53. The fraction of sp³-hybridized carbons (Fsp3) is 0.0263. The molecule has 6 rings (SSSR count). The van der Waals surface area contributed by atoms with E-state index in [1.165, 1.54) is 16.2 Å². The molecule has 0 bridgehead atoms. The van der Waals surface area contributed by atoms with Crippen molar-refractivity contribution in [2.45, 2.75) is 6.92 Å². The molecule has 1 heterocycles. The predicted octanol–water partition coefficient (Wildman–Crippen LogP) is 10.5. The Balaban J connectivity index is 1.76. The molecule has 6 aromatic rings. The van der Waals surface area contributed by atoms with Gasteiger partial charge < -0.3 is 4.57 Å². The number of allylic oxidation sites excluding steroid dienone is 3. The molecule has 0 saturated heterocycles. The normalized spacial score (nSPS) is 12.0. The monoisotopic (exact) mass is 514 g/mol. The fourth-order valence-corrected chi connectivity index (χ4v) is 5.78. The van der Waals surface area contributed by atoms with Crippen molar-refractivity contribution in [2.75, 3.05) is 0 Å². The van der Waals surface area contributed by atoms with Crippen molar-refractivity contribution < 1.29 is 0 Å². The Morgan fingerprint density at radius 3 is 2.23 bits per heavy atom. The van der Waals surface area contributed by atoms with Crippen molar-refractivity contribution in [1.29, 1.82) is 0 Å². The SMILES string of the molecule is C=Cc1c(-c2ccc3ccccc3c2)cc2c(c1C=C)c1ccc(C(/C=C\C)=C/N=C)cc1n2-c1ccccc1. The summed E-state index contributed by atoms with van der Waals surface area (Å²) in [5.74, 6) is 0. The van der Waals surface area contributed by atoms with E-state index in [4.69, 9.17) is 0 Å². The molecule has 0 aliphatic heterocycles.